The van der Waals surface area contributed by atoms with Gasteiger partial charge in [-0.25, -0.2) is 0 Å². The number of aliphatic carboxylic acids is 1. The van der Waals surface area contributed by atoms with Crippen molar-refractivity contribution in [2.45, 2.75) is 45.6 Å². The van der Waals surface area contributed by atoms with Crippen molar-refractivity contribution in [2.75, 3.05) is 6.54 Å². The summed E-state index contributed by atoms with van der Waals surface area (Å²) in [6, 6.07) is -0.635. The lowest BCUT2D eigenvalue weighted by Crippen LogP contribution is -2.49. The Morgan fingerprint density at radius 2 is 1.79 bits per heavy atom. The molecule has 1 saturated carbocycles. The predicted octanol–water partition coefficient (Wildman–Crippen LogP) is 0.518. The highest BCUT2D eigenvalue weighted by Gasteiger charge is 2.36. The summed E-state index contributed by atoms with van der Waals surface area (Å²) in [6.07, 6.45) is 2.80. The number of hydrogen-bond acceptors (Lipinski definition) is 3. The fourth-order valence-electron chi connectivity index (χ4n) is 2.45. The minimum Gasteiger partial charge on any atom is -0.481 e. The molecule has 0 radical (unpaired) electrons. The van der Waals surface area contributed by atoms with Crippen LogP contribution in [0.2, 0.25) is 0 Å². The topological polar surface area (TPSA) is 95.5 Å². The molecule has 0 aliphatic heterocycles. The molecule has 0 aromatic rings. The van der Waals surface area contributed by atoms with E-state index in [-0.39, 0.29) is 11.8 Å². The Kier molecular flexibility index (Phi) is 5.79. The maximum Gasteiger partial charge on any atom is 0.307 e. The number of carboxylic acid groups (broad SMARTS) is 1. The average molecular weight is 270 g/mol. The van der Waals surface area contributed by atoms with Crippen LogP contribution in [0.4, 0.5) is 0 Å². The Labute approximate surface area is 112 Å². The Hall–Kier alpha value is -1.59. The summed E-state index contributed by atoms with van der Waals surface area (Å²) in [7, 11) is 0. The van der Waals surface area contributed by atoms with E-state index in [1.54, 1.807) is 13.8 Å². The Morgan fingerprint density at radius 1 is 1.21 bits per heavy atom. The molecule has 6 nitrogen and oxygen atoms in total. The van der Waals surface area contributed by atoms with Crippen molar-refractivity contribution < 1.29 is 19.5 Å². The molecule has 1 unspecified atom stereocenters. The fraction of sp³-hybridized carbons (Fsp3) is 0.769. The molecule has 0 aromatic carbocycles. The zero-order valence-corrected chi connectivity index (χ0v) is 11.4. The summed E-state index contributed by atoms with van der Waals surface area (Å²) in [5.74, 6) is -2.66. The Bertz CT molecular complexity index is 357. The monoisotopic (exact) mass is 270 g/mol. The van der Waals surface area contributed by atoms with Crippen LogP contribution in [0.5, 0.6) is 0 Å². The molecule has 6 heteroatoms. The predicted molar refractivity (Wildman–Crippen MR) is 69.4 cm³/mol. The van der Waals surface area contributed by atoms with Crippen LogP contribution in [-0.2, 0) is 14.4 Å². The van der Waals surface area contributed by atoms with E-state index in [0.717, 1.165) is 12.8 Å². The van der Waals surface area contributed by atoms with Crippen LogP contribution in [-0.4, -0.2) is 35.5 Å². The standard InChI is InChI=1S/C13H22N2O4/c1-3-14-11(16)8(2)15-12(17)9-6-4-5-7-10(9)13(18)19/h8-10H,3-7H2,1-2H3,(H,14,16)(H,15,17)(H,18,19)/t8?,9-,10+/m1/s1. The minimum absolute atomic E-state index is 0.251. The first-order valence-corrected chi connectivity index (χ1v) is 6.78. The van der Waals surface area contributed by atoms with Crippen LogP contribution in [0.15, 0.2) is 0 Å². The minimum atomic E-state index is -0.925. The molecule has 0 bridgehead atoms. The largest absolute Gasteiger partial charge is 0.481 e. The van der Waals surface area contributed by atoms with E-state index in [1.165, 1.54) is 0 Å². The van der Waals surface area contributed by atoms with Gasteiger partial charge in [-0.3, -0.25) is 14.4 Å². The van der Waals surface area contributed by atoms with Gasteiger partial charge in [-0.2, -0.15) is 0 Å². The van der Waals surface area contributed by atoms with Crippen LogP contribution in [0.1, 0.15) is 39.5 Å². The summed E-state index contributed by atoms with van der Waals surface area (Å²) in [5.41, 5.74) is 0. The smallest absolute Gasteiger partial charge is 0.307 e. The van der Waals surface area contributed by atoms with Crippen LogP contribution in [0.3, 0.4) is 0 Å². The number of hydrogen-bond donors (Lipinski definition) is 3. The van der Waals surface area contributed by atoms with E-state index in [2.05, 4.69) is 10.6 Å². The normalized spacial score (nSPS) is 24.3. The van der Waals surface area contributed by atoms with E-state index in [0.29, 0.717) is 19.4 Å². The van der Waals surface area contributed by atoms with Crippen LogP contribution < -0.4 is 10.6 Å². The lowest BCUT2D eigenvalue weighted by Gasteiger charge is -2.28. The molecule has 1 aliphatic rings. The number of carbonyl (C=O) groups is 3. The van der Waals surface area contributed by atoms with Gasteiger partial charge in [0.2, 0.25) is 11.8 Å². The zero-order chi connectivity index (χ0) is 14.4. The molecule has 19 heavy (non-hydrogen) atoms. The summed E-state index contributed by atoms with van der Waals surface area (Å²) in [5, 5.41) is 14.3. The third-order valence-corrected chi connectivity index (χ3v) is 3.52. The summed E-state index contributed by atoms with van der Waals surface area (Å²) < 4.78 is 0. The van der Waals surface area contributed by atoms with Gasteiger partial charge >= 0.3 is 5.97 Å². The highest BCUT2D eigenvalue weighted by molar-refractivity contribution is 5.90. The second-order valence-electron chi connectivity index (χ2n) is 4.96. The third-order valence-electron chi connectivity index (χ3n) is 3.52. The SMILES string of the molecule is CCNC(=O)C(C)NC(=O)[C@@H]1CCCC[C@@H]1C(=O)O. The Balaban J connectivity index is 2.60. The van der Waals surface area contributed by atoms with E-state index in [9.17, 15) is 14.4 Å². The quantitative estimate of drug-likeness (QED) is 0.678. The van der Waals surface area contributed by atoms with E-state index < -0.39 is 23.8 Å². The van der Waals surface area contributed by atoms with Crippen molar-refractivity contribution in [2.24, 2.45) is 11.8 Å². The number of carbonyl (C=O) groups excluding carboxylic acids is 2. The molecule has 0 saturated heterocycles. The first-order valence-electron chi connectivity index (χ1n) is 6.78. The van der Waals surface area contributed by atoms with E-state index in [4.69, 9.17) is 5.11 Å². The maximum absolute atomic E-state index is 12.1. The van der Waals surface area contributed by atoms with Crippen LogP contribution in [0, 0.1) is 11.8 Å². The highest BCUT2D eigenvalue weighted by Crippen LogP contribution is 2.30. The molecule has 3 N–H and O–H groups in total. The van der Waals surface area contributed by atoms with Gasteiger partial charge in [0, 0.05) is 6.54 Å². The highest BCUT2D eigenvalue weighted by atomic mass is 16.4. The molecule has 2 amide bonds. The molecule has 0 spiro atoms. The number of nitrogens with one attached hydrogen (secondary N) is 2. The van der Waals surface area contributed by atoms with Crippen LogP contribution >= 0.6 is 0 Å². The van der Waals surface area contributed by atoms with Crippen molar-refractivity contribution in [1.82, 2.24) is 10.6 Å². The molecule has 0 heterocycles. The number of carboxylic acids is 1. The van der Waals surface area contributed by atoms with Crippen molar-refractivity contribution in [1.29, 1.82) is 0 Å². The first kappa shape index (κ1) is 15.5. The zero-order valence-electron chi connectivity index (χ0n) is 11.4. The first-order chi connectivity index (χ1) is 8.97. The van der Waals surface area contributed by atoms with Gasteiger partial charge in [0.25, 0.3) is 0 Å². The maximum atomic E-state index is 12.1. The Morgan fingerprint density at radius 3 is 2.32 bits per heavy atom. The molecule has 0 aromatic heterocycles. The molecule has 1 fully saturated rings. The van der Waals surface area contributed by atoms with Gasteiger partial charge in [0.1, 0.15) is 6.04 Å². The number of amides is 2. The lowest BCUT2D eigenvalue weighted by molar-refractivity contribution is -0.149. The van der Waals surface area contributed by atoms with Gasteiger partial charge in [0.15, 0.2) is 0 Å². The lowest BCUT2D eigenvalue weighted by atomic mass is 9.78. The fourth-order valence-corrected chi connectivity index (χ4v) is 2.45. The number of rotatable bonds is 5. The average Bonchev–Trinajstić information content (AvgIpc) is 2.38. The van der Waals surface area contributed by atoms with Gasteiger partial charge in [0.05, 0.1) is 11.8 Å². The van der Waals surface area contributed by atoms with Crippen molar-refractivity contribution in [3.05, 3.63) is 0 Å². The van der Waals surface area contributed by atoms with Gasteiger partial charge in [-0.15, -0.1) is 0 Å². The summed E-state index contributed by atoms with van der Waals surface area (Å²) >= 11 is 0. The molecule has 108 valence electrons. The van der Waals surface area contributed by atoms with E-state index in [1.807, 2.05) is 0 Å². The molecule has 3 atom stereocenters. The van der Waals surface area contributed by atoms with Crippen molar-refractivity contribution >= 4 is 17.8 Å². The second-order valence-corrected chi connectivity index (χ2v) is 4.96. The molecular weight excluding hydrogens is 248 g/mol. The van der Waals surface area contributed by atoms with Crippen molar-refractivity contribution in [3.63, 3.8) is 0 Å². The summed E-state index contributed by atoms with van der Waals surface area (Å²) in [4.78, 5) is 34.7. The molecule has 1 rings (SSSR count). The van der Waals surface area contributed by atoms with Gasteiger partial charge in [-0.05, 0) is 26.7 Å². The third kappa shape index (κ3) is 4.22. The second kappa shape index (κ2) is 7.11. The summed E-state index contributed by atoms with van der Waals surface area (Å²) in [6.45, 7) is 3.90. The molecular formula is C13H22N2O4. The molecule has 1 aliphatic carbocycles. The number of likely N-dealkylation sites (N-methyl/N-ethyl adjacent to an activating group) is 1. The van der Waals surface area contributed by atoms with Crippen molar-refractivity contribution in [3.8, 4) is 0 Å². The van der Waals surface area contributed by atoms with E-state index >= 15 is 0 Å². The van der Waals surface area contributed by atoms with Gasteiger partial charge < -0.3 is 15.7 Å². The van der Waals surface area contributed by atoms with Crippen LogP contribution in [0.25, 0.3) is 0 Å². The van der Waals surface area contributed by atoms with Gasteiger partial charge in [-0.1, -0.05) is 12.8 Å².